The van der Waals surface area contributed by atoms with Crippen molar-refractivity contribution in [2.75, 3.05) is 7.11 Å². The first-order valence-corrected chi connectivity index (χ1v) is 12.3. The molecule has 6 fully saturated rings. The zero-order chi connectivity index (χ0) is 21.5. The van der Waals surface area contributed by atoms with Crippen molar-refractivity contribution >= 4 is 17.7 Å². The molecule has 7 rings (SSSR count). The minimum Gasteiger partial charge on any atom is -0.469 e. The molecule has 1 aliphatic heterocycles. The van der Waals surface area contributed by atoms with Gasteiger partial charge in [-0.3, -0.25) is 14.4 Å². The van der Waals surface area contributed by atoms with Gasteiger partial charge in [0.25, 0.3) is 0 Å². The molecule has 1 spiro atoms. The third kappa shape index (κ3) is 1.95. The van der Waals surface area contributed by atoms with Crippen molar-refractivity contribution < 1.29 is 23.9 Å². The summed E-state index contributed by atoms with van der Waals surface area (Å²) in [7, 11) is 1.50. The van der Waals surface area contributed by atoms with E-state index in [1.807, 2.05) is 6.08 Å². The third-order valence-electron chi connectivity index (χ3n) is 11.6. The maximum Gasteiger partial charge on any atom is 0.309 e. The molecule has 166 valence electrons. The monoisotopic (exact) mass is 424 g/mol. The molecular weight excluding hydrogens is 392 g/mol. The fraction of sp³-hybridized carbons (Fsp3) is 0.808. The first-order valence-electron chi connectivity index (χ1n) is 12.3. The minimum atomic E-state index is -0.313. The fourth-order valence-corrected chi connectivity index (χ4v) is 10.2. The van der Waals surface area contributed by atoms with Gasteiger partial charge >= 0.3 is 11.9 Å². The molecule has 5 heteroatoms. The predicted molar refractivity (Wildman–Crippen MR) is 110 cm³/mol. The van der Waals surface area contributed by atoms with Gasteiger partial charge in [0, 0.05) is 23.7 Å². The van der Waals surface area contributed by atoms with Crippen LogP contribution in [0.2, 0.25) is 0 Å². The van der Waals surface area contributed by atoms with Crippen LogP contribution in [0.4, 0.5) is 0 Å². The molecule has 0 radical (unpaired) electrons. The highest BCUT2D eigenvalue weighted by molar-refractivity contribution is 5.96. The van der Waals surface area contributed by atoms with E-state index in [-0.39, 0.29) is 51.9 Å². The van der Waals surface area contributed by atoms with E-state index in [0.29, 0.717) is 42.4 Å². The van der Waals surface area contributed by atoms with Crippen LogP contribution in [-0.4, -0.2) is 30.4 Å². The number of esters is 2. The van der Waals surface area contributed by atoms with Crippen LogP contribution in [0.5, 0.6) is 0 Å². The van der Waals surface area contributed by atoms with Crippen molar-refractivity contribution in [3.8, 4) is 0 Å². The third-order valence-corrected chi connectivity index (χ3v) is 11.6. The molecule has 5 saturated carbocycles. The molecule has 0 amide bonds. The van der Waals surface area contributed by atoms with E-state index >= 15 is 0 Å². The largest absolute Gasteiger partial charge is 0.469 e. The standard InChI is InChI=1S/C26H32O5/c1-24-6-4-16-21(22(24)14-11-18(14)26(24)7-5-20(28)31-26)15(23(29)30-3)8-12-9-19(27)13-10-17(13)25(12,16)2/h9,13-18,21-22H,4-8,10-11H2,1-3H3/t13-,14-,15-,16?,17+,18+,21?,22?,24?,25?,26?/m1/s1. The van der Waals surface area contributed by atoms with Crippen molar-refractivity contribution in [3.63, 3.8) is 0 Å². The Morgan fingerprint density at radius 1 is 1.13 bits per heavy atom. The van der Waals surface area contributed by atoms with Crippen LogP contribution in [0.15, 0.2) is 11.6 Å². The normalized spacial score (nSPS) is 57.7. The topological polar surface area (TPSA) is 69.7 Å². The van der Waals surface area contributed by atoms with Gasteiger partial charge in [0.05, 0.1) is 13.0 Å². The number of hydrogen-bond donors (Lipinski definition) is 0. The quantitative estimate of drug-likeness (QED) is 0.600. The first-order chi connectivity index (χ1) is 14.8. The average Bonchev–Trinajstić information content (AvgIpc) is 3.65. The SMILES string of the molecule is COC(=O)[C@@H]1CC2=CC(=O)[C@@H]3C[C@@H]3C2(C)C2CCC3(C)C(C21)[C@@H]1C[C@@H]1C31CCC(=O)O1. The lowest BCUT2D eigenvalue weighted by atomic mass is 9.43. The Balaban J connectivity index is 1.36. The molecule has 6 aliphatic carbocycles. The fourth-order valence-electron chi connectivity index (χ4n) is 10.2. The van der Waals surface area contributed by atoms with Crippen LogP contribution < -0.4 is 0 Å². The second-order valence-electron chi connectivity index (χ2n) is 12.2. The van der Waals surface area contributed by atoms with Crippen molar-refractivity contribution in [2.24, 2.45) is 58.2 Å². The first kappa shape index (κ1) is 18.9. The molecule has 0 aromatic rings. The van der Waals surface area contributed by atoms with E-state index in [9.17, 15) is 14.4 Å². The van der Waals surface area contributed by atoms with Gasteiger partial charge in [-0.2, -0.15) is 0 Å². The van der Waals surface area contributed by atoms with Crippen LogP contribution in [0.3, 0.4) is 0 Å². The molecule has 0 aromatic carbocycles. The zero-order valence-corrected chi connectivity index (χ0v) is 18.7. The number of methoxy groups -OCH3 is 1. The Labute approximate surface area is 183 Å². The van der Waals surface area contributed by atoms with Gasteiger partial charge in [-0.05, 0) is 79.6 Å². The molecule has 0 bridgehead atoms. The number of rotatable bonds is 1. The highest BCUT2D eigenvalue weighted by Crippen LogP contribution is 2.81. The highest BCUT2D eigenvalue weighted by Gasteiger charge is 2.80. The summed E-state index contributed by atoms with van der Waals surface area (Å²) in [5.41, 5.74) is 0.878. The smallest absolute Gasteiger partial charge is 0.309 e. The summed E-state index contributed by atoms with van der Waals surface area (Å²) in [6, 6.07) is 0. The molecule has 5 nitrogen and oxygen atoms in total. The summed E-state index contributed by atoms with van der Waals surface area (Å²) in [5, 5.41) is 0. The Kier molecular flexibility index (Phi) is 3.32. The predicted octanol–water partition coefficient (Wildman–Crippen LogP) is 3.71. The lowest BCUT2D eigenvalue weighted by Gasteiger charge is -2.61. The van der Waals surface area contributed by atoms with Crippen molar-refractivity contribution in [2.45, 2.75) is 64.4 Å². The van der Waals surface area contributed by atoms with E-state index in [4.69, 9.17) is 9.47 Å². The molecule has 1 heterocycles. The number of fused-ring (bicyclic) bond motifs is 11. The summed E-state index contributed by atoms with van der Waals surface area (Å²) in [6.45, 7) is 4.76. The van der Waals surface area contributed by atoms with Crippen LogP contribution in [-0.2, 0) is 23.9 Å². The number of ketones is 1. The number of carbonyl (C=O) groups is 3. The molecule has 6 unspecified atom stereocenters. The summed E-state index contributed by atoms with van der Waals surface area (Å²) in [5.74, 6) is 2.70. The minimum absolute atomic E-state index is 0.0294. The molecule has 0 N–H and O–H groups in total. The highest BCUT2D eigenvalue weighted by atomic mass is 16.6. The average molecular weight is 425 g/mol. The second-order valence-corrected chi connectivity index (χ2v) is 12.2. The van der Waals surface area contributed by atoms with Gasteiger partial charge in [-0.25, -0.2) is 0 Å². The summed E-state index contributed by atoms with van der Waals surface area (Å²) >= 11 is 0. The van der Waals surface area contributed by atoms with Gasteiger partial charge in [-0.1, -0.05) is 19.4 Å². The molecule has 1 saturated heterocycles. The van der Waals surface area contributed by atoms with Crippen LogP contribution in [0.1, 0.15) is 58.8 Å². The maximum absolute atomic E-state index is 13.1. The van der Waals surface area contributed by atoms with Crippen molar-refractivity contribution in [1.29, 1.82) is 0 Å². The molecule has 7 aliphatic rings. The van der Waals surface area contributed by atoms with Gasteiger partial charge in [-0.15, -0.1) is 0 Å². The molecule has 0 aromatic heterocycles. The molecular formula is C26H32O5. The summed E-state index contributed by atoms with van der Waals surface area (Å²) < 4.78 is 11.5. The number of ether oxygens (including phenoxy) is 2. The van der Waals surface area contributed by atoms with Crippen molar-refractivity contribution in [3.05, 3.63) is 11.6 Å². The van der Waals surface area contributed by atoms with E-state index < -0.39 is 0 Å². The zero-order valence-electron chi connectivity index (χ0n) is 18.7. The Hall–Kier alpha value is -1.65. The van der Waals surface area contributed by atoms with E-state index in [1.54, 1.807) is 0 Å². The molecule has 31 heavy (non-hydrogen) atoms. The van der Waals surface area contributed by atoms with E-state index in [1.165, 1.54) is 12.7 Å². The van der Waals surface area contributed by atoms with Crippen LogP contribution in [0, 0.1) is 58.2 Å². The number of carbonyl (C=O) groups excluding carboxylic acids is 3. The van der Waals surface area contributed by atoms with Gasteiger partial charge in [0.1, 0.15) is 5.60 Å². The Morgan fingerprint density at radius 3 is 2.65 bits per heavy atom. The second kappa shape index (κ2) is 5.46. The van der Waals surface area contributed by atoms with Crippen molar-refractivity contribution in [1.82, 2.24) is 0 Å². The van der Waals surface area contributed by atoms with Crippen LogP contribution in [0.25, 0.3) is 0 Å². The summed E-state index contributed by atoms with van der Waals surface area (Å²) in [6.07, 6.45) is 8.21. The summed E-state index contributed by atoms with van der Waals surface area (Å²) in [4.78, 5) is 38.0. The lowest BCUT2D eigenvalue weighted by molar-refractivity contribution is -0.186. The Morgan fingerprint density at radius 2 is 1.94 bits per heavy atom. The lowest BCUT2D eigenvalue weighted by Crippen LogP contribution is -2.60. The van der Waals surface area contributed by atoms with Crippen LogP contribution >= 0.6 is 0 Å². The number of allylic oxidation sites excluding steroid dienone is 1. The van der Waals surface area contributed by atoms with E-state index in [0.717, 1.165) is 32.1 Å². The van der Waals surface area contributed by atoms with Gasteiger partial charge in [0.15, 0.2) is 5.78 Å². The van der Waals surface area contributed by atoms with E-state index in [2.05, 4.69) is 13.8 Å². The maximum atomic E-state index is 13.1. The number of hydrogen-bond acceptors (Lipinski definition) is 5. The molecule has 11 atom stereocenters. The van der Waals surface area contributed by atoms with Gasteiger partial charge < -0.3 is 9.47 Å². The Bertz CT molecular complexity index is 967. The van der Waals surface area contributed by atoms with Gasteiger partial charge in [0.2, 0.25) is 0 Å².